The van der Waals surface area contributed by atoms with Gasteiger partial charge in [0.25, 0.3) is 5.91 Å². The van der Waals surface area contributed by atoms with Gasteiger partial charge in [-0.1, -0.05) is 17.7 Å². The van der Waals surface area contributed by atoms with Gasteiger partial charge in [0.05, 0.1) is 25.0 Å². The van der Waals surface area contributed by atoms with E-state index >= 15 is 0 Å². The first-order valence-electron chi connectivity index (χ1n) is 8.70. The number of ether oxygens (including phenoxy) is 1. The minimum atomic E-state index is -0.233. The van der Waals surface area contributed by atoms with E-state index in [1.807, 2.05) is 49.0 Å². The van der Waals surface area contributed by atoms with Crippen LogP contribution in [0.2, 0.25) is 0 Å². The molecule has 7 heteroatoms. The van der Waals surface area contributed by atoms with Crippen LogP contribution in [0.15, 0.2) is 53.4 Å². The van der Waals surface area contributed by atoms with Gasteiger partial charge < -0.3 is 23.7 Å². The molecule has 1 aromatic carbocycles. The maximum atomic E-state index is 13.0. The highest BCUT2D eigenvalue weighted by molar-refractivity contribution is 5.95. The molecule has 3 rings (SSSR count). The first kappa shape index (κ1) is 18.7. The molecule has 142 valence electrons. The molecule has 0 saturated carbocycles. The van der Waals surface area contributed by atoms with E-state index < -0.39 is 0 Å². The molecule has 0 unspecified atom stereocenters. The molecule has 0 bridgehead atoms. The van der Waals surface area contributed by atoms with Crippen LogP contribution < -0.4 is 4.74 Å². The lowest BCUT2D eigenvalue weighted by molar-refractivity contribution is 0.0697. The molecule has 2 heterocycles. The van der Waals surface area contributed by atoms with Gasteiger partial charge in [-0.3, -0.25) is 4.79 Å². The van der Waals surface area contributed by atoms with E-state index in [9.17, 15) is 9.90 Å². The molecule has 7 nitrogen and oxygen atoms in total. The Balaban J connectivity index is 1.72. The van der Waals surface area contributed by atoms with E-state index in [4.69, 9.17) is 9.15 Å². The lowest BCUT2D eigenvalue weighted by Crippen LogP contribution is -2.34. The molecular weight excluding hydrogens is 346 g/mol. The zero-order chi connectivity index (χ0) is 19.2. The largest absolute Gasteiger partial charge is 0.486 e. The van der Waals surface area contributed by atoms with Crippen molar-refractivity contribution in [1.29, 1.82) is 0 Å². The van der Waals surface area contributed by atoms with Crippen LogP contribution in [0.3, 0.4) is 0 Å². The molecule has 2 aromatic heterocycles. The fraction of sp³-hybridized carbons (Fsp3) is 0.300. The summed E-state index contributed by atoms with van der Waals surface area (Å²) in [4.78, 5) is 18.8. The smallest absolute Gasteiger partial charge is 0.258 e. The summed E-state index contributed by atoms with van der Waals surface area (Å²) in [7, 11) is 1.86. The number of hydrogen-bond acceptors (Lipinski definition) is 5. The summed E-state index contributed by atoms with van der Waals surface area (Å²) in [6.07, 6.45) is 4.96. The summed E-state index contributed by atoms with van der Waals surface area (Å²) in [6.45, 7) is 2.52. The van der Waals surface area contributed by atoms with Crippen molar-refractivity contribution in [2.75, 3.05) is 13.2 Å². The average Bonchev–Trinajstić information content (AvgIpc) is 3.29. The van der Waals surface area contributed by atoms with Gasteiger partial charge in [0, 0.05) is 26.0 Å². The molecular formula is C20H23N3O4. The first-order valence-corrected chi connectivity index (χ1v) is 8.70. The van der Waals surface area contributed by atoms with Crippen molar-refractivity contribution in [3.8, 4) is 5.75 Å². The van der Waals surface area contributed by atoms with Crippen molar-refractivity contribution in [2.45, 2.75) is 20.1 Å². The molecule has 0 aliphatic carbocycles. The van der Waals surface area contributed by atoms with Crippen LogP contribution in [0.1, 0.15) is 27.5 Å². The topological polar surface area (TPSA) is 80.7 Å². The van der Waals surface area contributed by atoms with Crippen molar-refractivity contribution >= 4 is 5.91 Å². The van der Waals surface area contributed by atoms with E-state index in [-0.39, 0.29) is 25.7 Å². The van der Waals surface area contributed by atoms with Crippen LogP contribution in [0, 0.1) is 6.92 Å². The third-order valence-corrected chi connectivity index (χ3v) is 4.28. The number of nitrogens with zero attached hydrogens (tertiary/aromatic N) is 3. The van der Waals surface area contributed by atoms with Crippen LogP contribution in [-0.2, 0) is 20.2 Å². The number of aliphatic hydroxyl groups excluding tert-OH is 1. The normalized spacial score (nSPS) is 10.8. The molecule has 0 saturated heterocycles. The summed E-state index contributed by atoms with van der Waals surface area (Å²) >= 11 is 0. The standard InChI is InChI=1S/C20H23N3O4/c1-15-3-5-16(6-4-15)27-14-18-17(7-12-26-18)20(25)23(10-11-24)13-19-21-8-9-22(19)2/h3-9,12,24H,10-11,13-14H2,1-2H3. The molecule has 1 amide bonds. The average molecular weight is 369 g/mol. The van der Waals surface area contributed by atoms with Gasteiger partial charge in [0.2, 0.25) is 0 Å². The van der Waals surface area contributed by atoms with E-state index in [0.717, 1.165) is 11.4 Å². The maximum absolute atomic E-state index is 13.0. The van der Waals surface area contributed by atoms with E-state index in [1.54, 1.807) is 17.2 Å². The molecule has 0 aliphatic rings. The second kappa shape index (κ2) is 8.55. The van der Waals surface area contributed by atoms with Crippen molar-refractivity contribution < 1.29 is 19.1 Å². The highest BCUT2D eigenvalue weighted by Crippen LogP contribution is 2.19. The third-order valence-electron chi connectivity index (χ3n) is 4.28. The van der Waals surface area contributed by atoms with Crippen LogP contribution in [0.5, 0.6) is 5.75 Å². The minimum Gasteiger partial charge on any atom is -0.486 e. The van der Waals surface area contributed by atoms with Crippen LogP contribution in [-0.4, -0.2) is 38.6 Å². The van der Waals surface area contributed by atoms with Crippen molar-refractivity contribution in [3.05, 3.63) is 71.7 Å². The van der Waals surface area contributed by atoms with Gasteiger partial charge in [0.1, 0.15) is 18.2 Å². The van der Waals surface area contributed by atoms with Crippen molar-refractivity contribution in [2.24, 2.45) is 7.05 Å². The Labute approximate surface area is 157 Å². The highest BCUT2D eigenvalue weighted by Gasteiger charge is 2.22. The number of aryl methyl sites for hydroxylation is 2. The molecule has 0 radical (unpaired) electrons. The van der Waals surface area contributed by atoms with Crippen LogP contribution >= 0.6 is 0 Å². The maximum Gasteiger partial charge on any atom is 0.258 e. The summed E-state index contributed by atoms with van der Waals surface area (Å²) in [5.41, 5.74) is 1.56. The molecule has 0 aliphatic heterocycles. The SMILES string of the molecule is Cc1ccc(OCc2occc2C(=O)N(CCO)Cc2nccn2C)cc1. The van der Waals surface area contributed by atoms with Crippen molar-refractivity contribution in [3.63, 3.8) is 0 Å². The predicted molar refractivity (Wildman–Crippen MR) is 99.3 cm³/mol. The number of aromatic nitrogens is 2. The molecule has 0 spiro atoms. The van der Waals surface area contributed by atoms with Crippen LogP contribution in [0.4, 0.5) is 0 Å². The minimum absolute atomic E-state index is 0.136. The van der Waals surface area contributed by atoms with Crippen molar-refractivity contribution in [1.82, 2.24) is 14.5 Å². The second-order valence-corrected chi connectivity index (χ2v) is 6.26. The molecule has 27 heavy (non-hydrogen) atoms. The monoisotopic (exact) mass is 369 g/mol. The number of furan rings is 1. The number of aliphatic hydroxyl groups is 1. The quantitative estimate of drug-likeness (QED) is 0.660. The lowest BCUT2D eigenvalue weighted by Gasteiger charge is -2.21. The summed E-state index contributed by atoms with van der Waals surface area (Å²) in [6, 6.07) is 9.29. The van der Waals surface area contributed by atoms with Gasteiger partial charge >= 0.3 is 0 Å². The molecule has 3 aromatic rings. The van der Waals surface area contributed by atoms with E-state index in [2.05, 4.69) is 4.98 Å². The van der Waals surface area contributed by atoms with E-state index in [1.165, 1.54) is 6.26 Å². The summed E-state index contributed by atoms with van der Waals surface area (Å²) in [5.74, 6) is 1.65. The Bertz CT molecular complexity index is 883. The number of hydrogen-bond donors (Lipinski definition) is 1. The molecule has 1 N–H and O–H groups in total. The van der Waals surface area contributed by atoms with Gasteiger partial charge in [0.15, 0.2) is 5.76 Å². The van der Waals surface area contributed by atoms with Crippen LogP contribution in [0.25, 0.3) is 0 Å². The zero-order valence-corrected chi connectivity index (χ0v) is 15.5. The summed E-state index contributed by atoms with van der Waals surface area (Å²) < 4.78 is 13.0. The number of carbonyl (C=O) groups is 1. The number of carbonyl (C=O) groups excluding carboxylic acids is 1. The molecule has 0 fully saturated rings. The Morgan fingerprint density at radius 1 is 1.30 bits per heavy atom. The fourth-order valence-electron chi connectivity index (χ4n) is 2.69. The van der Waals surface area contributed by atoms with E-state index in [0.29, 0.717) is 23.6 Å². The fourth-order valence-corrected chi connectivity index (χ4v) is 2.69. The Morgan fingerprint density at radius 2 is 2.07 bits per heavy atom. The zero-order valence-electron chi connectivity index (χ0n) is 15.5. The predicted octanol–water partition coefficient (Wildman–Crippen LogP) is 2.54. The lowest BCUT2D eigenvalue weighted by atomic mass is 10.2. The second-order valence-electron chi connectivity index (χ2n) is 6.26. The van der Waals surface area contributed by atoms with Gasteiger partial charge in [-0.15, -0.1) is 0 Å². The Kier molecular flexibility index (Phi) is 5.93. The number of imidazole rings is 1. The Hall–Kier alpha value is -3.06. The summed E-state index contributed by atoms with van der Waals surface area (Å²) in [5, 5.41) is 9.36. The first-order chi connectivity index (χ1) is 13.1. The number of rotatable bonds is 8. The molecule has 0 atom stereocenters. The number of benzene rings is 1. The Morgan fingerprint density at radius 3 is 2.74 bits per heavy atom. The highest BCUT2D eigenvalue weighted by atomic mass is 16.5. The van der Waals surface area contributed by atoms with Gasteiger partial charge in [-0.2, -0.15) is 0 Å². The van der Waals surface area contributed by atoms with Gasteiger partial charge in [-0.25, -0.2) is 4.98 Å². The van der Waals surface area contributed by atoms with Gasteiger partial charge in [-0.05, 0) is 25.1 Å². The number of amides is 1. The third kappa shape index (κ3) is 4.57.